The molecule has 0 aliphatic carbocycles. The number of anilines is 1. The van der Waals surface area contributed by atoms with Crippen molar-refractivity contribution in [1.29, 1.82) is 0 Å². The van der Waals surface area contributed by atoms with Crippen LogP contribution < -0.4 is 11.1 Å². The Hall–Kier alpha value is -3.93. The van der Waals surface area contributed by atoms with Crippen molar-refractivity contribution in [2.24, 2.45) is 0 Å². The second-order valence-corrected chi connectivity index (χ2v) is 8.98. The first kappa shape index (κ1) is 22.8. The fourth-order valence-electron chi connectivity index (χ4n) is 4.24. The predicted octanol–water partition coefficient (Wildman–Crippen LogP) is 3.58. The highest BCUT2D eigenvalue weighted by Crippen LogP contribution is 2.37. The number of hydrogen-bond acceptors (Lipinski definition) is 7. The Morgan fingerprint density at radius 3 is 2.60 bits per heavy atom. The van der Waals surface area contributed by atoms with Gasteiger partial charge in [-0.25, -0.2) is 24.6 Å². The molecule has 3 N–H and O–H groups in total. The third-order valence-corrected chi connectivity index (χ3v) is 6.94. The van der Waals surface area contributed by atoms with E-state index in [1.54, 1.807) is 26.5 Å². The molecule has 0 unspecified atom stereocenters. The summed E-state index contributed by atoms with van der Waals surface area (Å²) in [5.74, 6) is 0.534. The lowest BCUT2D eigenvalue weighted by Gasteiger charge is -2.31. The third-order valence-electron chi connectivity index (χ3n) is 6.13. The van der Waals surface area contributed by atoms with Crippen molar-refractivity contribution >= 4 is 39.5 Å². The van der Waals surface area contributed by atoms with E-state index < -0.39 is 12.1 Å². The van der Waals surface area contributed by atoms with E-state index in [9.17, 15) is 9.59 Å². The molecule has 1 fully saturated rings. The molecule has 11 nitrogen and oxygen atoms in total. The molecular weight excluding hydrogens is 516 g/mol. The highest BCUT2D eigenvalue weighted by atomic mass is 79.9. The van der Waals surface area contributed by atoms with Crippen molar-refractivity contribution < 1.29 is 14.3 Å². The maximum Gasteiger partial charge on any atom is 0.415 e. The van der Waals surface area contributed by atoms with Crippen LogP contribution >= 0.6 is 15.9 Å². The van der Waals surface area contributed by atoms with Gasteiger partial charge in [0.25, 0.3) is 0 Å². The number of ether oxygens (including phenoxy) is 1. The number of carbonyl (C=O) groups excluding carboxylic acids is 2. The van der Waals surface area contributed by atoms with Gasteiger partial charge in [0, 0.05) is 36.3 Å². The maximum absolute atomic E-state index is 12.2. The molecule has 12 heteroatoms. The molecule has 1 aliphatic heterocycles. The number of alkyl carbamates (subject to hydrolysis) is 1. The molecule has 1 aromatic carbocycles. The Kier molecular flexibility index (Phi) is 6.12. The molecule has 3 amide bonds. The van der Waals surface area contributed by atoms with Crippen LogP contribution in [0.4, 0.5) is 15.4 Å². The van der Waals surface area contributed by atoms with Gasteiger partial charge in [-0.05, 0) is 40.9 Å². The monoisotopic (exact) mass is 538 g/mol. The average molecular weight is 539 g/mol. The minimum Gasteiger partial charge on any atom is -0.453 e. The number of methoxy groups -OCH3 is 1. The smallest absolute Gasteiger partial charge is 0.415 e. The number of amides is 3. The lowest BCUT2D eigenvalue weighted by Crippen LogP contribution is -2.46. The van der Waals surface area contributed by atoms with Gasteiger partial charge in [0.2, 0.25) is 0 Å². The summed E-state index contributed by atoms with van der Waals surface area (Å²) >= 11 is 3.60. The SMILES string of the molecule is COC(=O)NC(=O)N1CCC(c2nc3c(-c4cnn(-c5ccccc5)c4)cnn3c(N)c2Br)CC1. The highest BCUT2D eigenvalue weighted by Gasteiger charge is 2.29. The molecule has 0 saturated carbocycles. The van der Waals surface area contributed by atoms with E-state index in [4.69, 9.17) is 10.7 Å². The molecule has 1 aliphatic rings. The van der Waals surface area contributed by atoms with Gasteiger partial charge in [0.05, 0.1) is 35.4 Å². The van der Waals surface area contributed by atoms with Crippen LogP contribution in [0.15, 0.2) is 53.4 Å². The van der Waals surface area contributed by atoms with Gasteiger partial charge in [0.1, 0.15) is 5.82 Å². The largest absolute Gasteiger partial charge is 0.453 e. The number of halogens is 1. The van der Waals surface area contributed by atoms with E-state index in [1.807, 2.05) is 36.5 Å². The van der Waals surface area contributed by atoms with Crippen LogP contribution in [-0.2, 0) is 4.74 Å². The summed E-state index contributed by atoms with van der Waals surface area (Å²) in [4.78, 5) is 30.1. The van der Waals surface area contributed by atoms with E-state index in [-0.39, 0.29) is 5.92 Å². The molecule has 5 rings (SSSR count). The van der Waals surface area contributed by atoms with Gasteiger partial charge in [-0.1, -0.05) is 18.2 Å². The number of nitrogens with zero attached hydrogens (tertiary/aromatic N) is 6. The molecule has 4 heterocycles. The zero-order chi connectivity index (χ0) is 24.5. The number of urea groups is 1. The fraction of sp³-hybridized carbons (Fsp3) is 0.261. The quantitative estimate of drug-likeness (QED) is 0.407. The minimum absolute atomic E-state index is 0.0774. The molecule has 4 aromatic rings. The molecular formula is C23H23BrN8O3. The number of aromatic nitrogens is 5. The van der Waals surface area contributed by atoms with Crippen molar-refractivity contribution in [1.82, 2.24) is 34.6 Å². The van der Waals surface area contributed by atoms with Crippen LogP contribution in [0.2, 0.25) is 0 Å². The number of nitrogens with two attached hydrogens (primary N) is 1. The van der Waals surface area contributed by atoms with E-state index in [0.717, 1.165) is 22.5 Å². The van der Waals surface area contributed by atoms with Gasteiger partial charge >= 0.3 is 12.1 Å². The van der Waals surface area contributed by atoms with Crippen LogP contribution in [0, 0.1) is 0 Å². The summed E-state index contributed by atoms with van der Waals surface area (Å²) in [5, 5.41) is 11.1. The number of nitrogens with one attached hydrogen (secondary N) is 1. The van der Waals surface area contributed by atoms with Gasteiger partial charge < -0.3 is 15.4 Å². The van der Waals surface area contributed by atoms with Crippen LogP contribution in [0.25, 0.3) is 22.5 Å². The second kappa shape index (κ2) is 9.37. The molecule has 180 valence electrons. The van der Waals surface area contributed by atoms with Crippen LogP contribution in [0.5, 0.6) is 0 Å². The normalized spacial score (nSPS) is 14.3. The van der Waals surface area contributed by atoms with Crippen molar-refractivity contribution in [3.05, 3.63) is 59.1 Å². The number of para-hydroxylation sites is 1. The van der Waals surface area contributed by atoms with Crippen molar-refractivity contribution in [3.8, 4) is 16.8 Å². The van der Waals surface area contributed by atoms with E-state index >= 15 is 0 Å². The zero-order valence-electron chi connectivity index (χ0n) is 18.9. The Balaban J connectivity index is 1.42. The molecule has 3 aromatic heterocycles. The van der Waals surface area contributed by atoms with Gasteiger partial charge in [-0.2, -0.15) is 14.7 Å². The maximum atomic E-state index is 12.2. The molecule has 35 heavy (non-hydrogen) atoms. The third kappa shape index (κ3) is 4.32. The summed E-state index contributed by atoms with van der Waals surface area (Å²) < 4.78 is 8.60. The zero-order valence-corrected chi connectivity index (χ0v) is 20.5. The Morgan fingerprint density at radius 2 is 1.89 bits per heavy atom. The summed E-state index contributed by atoms with van der Waals surface area (Å²) in [6, 6.07) is 9.38. The summed E-state index contributed by atoms with van der Waals surface area (Å²) in [6.45, 7) is 0.950. The minimum atomic E-state index is -0.774. The number of hydrogen-bond donors (Lipinski definition) is 2. The Bertz CT molecular complexity index is 1390. The number of imide groups is 1. The first-order chi connectivity index (χ1) is 17.0. The molecule has 1 saturated heterocycles. The summed E-state index contributed by atoms with van der Waals surface area (Å²) in [6.07, 6.45) is 6.02. The number of fused-ring (bicyclic) bond motifs is 1. The fourth-order valence-corrected chi connectivity index (χ4v) is 4.82. The predicted molar refractivity (Wildman–Crippen MR) is 132 cm³/mol. The lowest BCUT2D eigenvalue weighted by molar-refractivity contribution is 0.156. The van der Waals surface area contributed by atoms with E-state index in [2.05, 4.69) is 36.2 Å². The Morgan fingerprint density at radius 1 is 1.14 bits per heavy atom. The first-order valence-corrected chi connectivity index (χ1v) is 11.8. The lowest BCUT2D eigenvalue weighted by atomic mass is 9.93. The molecule has 0 atom stereocenters. The number of nitrogen functional groups attached to an aromatic ring is 1. The van der Waals surface area contributed by atoms with Crippen LogP contribution in [-0.4, -0.2) is 61.6 Å². The van der Waals surface area contributed by atoms with Gasteiger partial charge in [0.15, 0.2) is 5.65 Å². The molecule has 0 radical (unpaired) electrons. The van der Waals surface area contributed by atoms with Crippen molar-refractivity contribution in [2.45, 2.75) is 18.8 Å². The second-order valence-electron chi connectivity index (χ2n) is 8.18. The topological polar surface area (TPSA) is 133 Å². The number of piperidine rings is 1. The van der Waals surface area contributed by atoms with Crippen molar-refractivity contribution in [3.63, 3.8) is 0 Å². The van der Waals surface area contributed by atoms with E-state index in [1.165, 1.54) is 7.11 Å². The number of likely N-dealkylation sites (tertiary alicyclic amines) is 1. The molecule has 0 bridgehead atoms. The van der Waals surface area contributed by atoms with Gasteiger partial charge in [-0.15, -0.1) is 0 Å². The first-order valence-electron chi connectivity index (χ1n) is 11.0. The standard InChI is InChI=1S/C23H23BrN8O3/c1-35-23(34)29-22(33)30-9-7-14(8-10-30)19-18(24)20(25)32-21(28-19)17(12-27-32)15-11-26-31(13-15)16-5-3-2-4-6-16/h2-6,11-14H,7-10,25H2,1H3,(H,29,33,34). The average Bonchev–Trinajstić information content (AvgIpc) is 3.54. The van der Waals surface area contributed by atoms with Crippen molar-refractivity contribution in [2.75, 3.05) is 25.9 Å². The van der Waals surface area contributed by atoms with E-state index in [0.29, 0.717) is 41.9 Å². The van der Waals surface area contributed by atoms with Crippen LogP contribution in [0.3, 0.4) is 0 Å². The number of benzene rings is 1. The Labute approximate surface area is 209 Å². The summed E-state index contributed by atoms with van der Waals surface area (Å²) in [5.41, 5.74) is 10.5. The van der Waals surface area contributed by atoms with Crippen LogP contribution in [0.1, 0.15) is 24.5 Å². The summed E-state index contributed by atoms with van der Waals surface area (Å²) in [7, 11) is 1.22. The highest BCUT2D eigenvalue weighted by molar-refractivity contribution is 9.10. The number of rotatable bonds is 3. The van der Waals surface area contributed by atoms with Gasteiger partial charge in [-0.3, -0.25) is 0 Å². The molecule has 0 spiro atoms. The number of carbonyl (C=O) groups is 2.